The summed E-state index contributed by atoms with van der Waals surface area (Å²) in [5.74, 6) is -0.137. The van der Waals surface area contributed by atoms with Crippen LogP contribution in [0.2, 0.25) is 0 Å². The second-order valence-corrected chi connectivity index (χ2v) is 1.50. The van der Waals surface area contributed by atoms with E-state index in [9.17, 15) is 4.79 Å². The standard InChI is InChI=1S/C6H5O2.Y/c7-5-2-1-3-6(8)4-5;/h1-4,7H;. The number of hydrogen-bond acceptors (Lipinski definition) is 2. The van der Waals surface area contributed by atoms with Crippen LogP contribution in [0.4, 0.5) is 0 Å². The minimum absolute atomic E-state index is 0. The average Bonchev–Trinajstić information content (AvgIpc) is 1.64. The van der Waals surface area contributed by atoms with Crippen molar-refractivity contribution in [3.05, 3.63) is 30.4 Å². The first-order valence-electron chi connectivity index (χ1n) is 2.25. The maximum atomic E-state index is 10.3. The number of ketones is 1. The Bertz CT molecular complexity index is 170. The third-order valence-corrected chi connectivity index (χ3v) is 0.818. The van der Waals surface area contributed by atoms with Gasteiger partial charge < -0.3 is 5.11 Å². The van der Waals surface area contributed by atoms with E-state index in [0.29, 0.717) is 0 Å². The van der Waals surface area contributed by atoms with Crippen LogP contribution >= 0.6 is 0 Å². The van der Waals surface area contributed by atoms with E-state index in [1.807, 2.05) is 0 Å². The molecule has 3 heteroatoms. The van der Waals surface area contributed by atoms with Crippen LogP contribution in [0.3, 0.4) is 0 Å². The summed E-state index contributed by atoms with van der Waals surface area (Å²) < 4.78 is 0. The predicted octanol–water partition coefficient (Wildman–Crippen LogP) is 0.769. The Hall–Kier alpha value is 0.0539. The Morgan fingerprint density at radius 1 is 1.44 bits per heavy atom. The van der Waals surface area contributed by atoms with Crippen molar-refractivity contribution in [2.24, 2.45) is 0 Å². The van der Waals surface area contributed by atoms with Crippen molar-refractivity contribution < 1.29 is 42.6 Å². The molecule has 0 saturated carbocycles. The molecule has 1 aliphatic rings. The quantitative estimate of drug-likeness (QED) is 0.624. The molecule has 0 aromatic rings. The van der Waals surface area contributed by atoms with Crippen LogP contribution in [0.1, 0.15) is 0 Å². The largest absolute Gasteiger partial charge is 0.508 e. The molecule has 1 rings (SSSR count). The Labute approximate surface area is 78.5 Å². The van der Waals surface area contributed by atoms with Crippen LogP contribution < -0.4 is 0 Å². The monoisotopic (exact) mass is 198 g/mol. The molecule has 0 amide bonds. The van der Waals surface area contributed by atoms with Crippen LogP contribution in [-0.4, -0.2) is 10.9 Å². The Morgan fingerprint density at radius 3 is 2.44 bits per heavy atom. The molecule has 2 radical (unpaired) electrons. The number of carbonyl (C=O) groups excluding carboxylic acids is 1. The second kappa shape index (κ2) is 3.96. The maximum Gasteiger partial charge on any atom is 0.167 e. The molecule has 1 aliphatic carbocycles. The van der Waals surface area contributed by atoms with E-state index in [4.69, 9.17) is 5.11 Å². The zero-order valence-electron chi connectivity index (χ0n) is 4.74. The van der Waals surface area contributed by atoms with Crippen LogP contribution in [0.25, 0.3) is 0 Å². The van der Waals surface area contributed by atoms with Gasteiger partial charge in [-0.15, -0.1) is 0 Å². The Kier molecular flexibility index (Phi) is 3.99. The minimum atomic E-state index is -0.162. The molecule has 0 unspecified atom stereocenters. The van der Waals surface area contributed by atoms with Gasteiger partial charge in [0.05, 0.1) is 6.42 Å². The number of aliphatic hydroxyl groups excluding tert-OH is 1. The zero-order valence-corrected chi connectivity index (χ0v) is 7.58. The molecule has 0 bridgehead atoms. The van der Waals surface area contributed by atoms with Crippen molar-refractivity contribution >= 4 is 5.78 Å². The third kappa shape index (κ3) is 2.92. The summed E-state index contributed by atoms with van der Waals surface area (Å²) in [5.41, 5.74) is 0. The van der Waals surface area contributed by atoms with Crippen molar-refractivity contribution in [3.63, 3.8) is 0 Å². The molecule has 0 fully saturated rings. The van der Waals surface area contributed by atoms with E-state index in [-0.39, 0.29) is 44.3 Å². The normalized spacial score (nSPS) is 16.4. The van der Waals surface area contributed by atoms with Crippen molar-refractivity contribution in [2.75, 3.05) is 0 Å². The van der Waals surface area contributed by atoms with Crippen LogP contribution in [0.5, 0.6) is 0 Å². The third-order valence-electron chi connectivity index (χ3n) is 0.818. The van der Waals surface area contributed by atoms with Gasteiger partial charge in [-0.25, -0.2) is 0 Å². The second-order valence-electron chi connectivity index (χ2n) is 1.50. The molecule has 0 heterocycles. The molecule has 2 nitrogen and oxygen atoms in total. The fraction of sp³-hybridized carbons (Fsp3) is 0. The summed E-state index contributed by atoms with van der Waals surface area (Å²) in [6, 6.07) is 0. The first-order valence-corrected chi connectivity index (χ1v) is 2.25. The summed E-state index contributed by atoms with van der Waals surface area (Å²) in [6.07, 6.45) is 5.53. The number of aliphatic hydroxyl groups is 1. The van der Waals surface area contributed by atoms with Crippen molar-refractivity contribution in [2.45, 2.75) is 0 Å². The van der Waals surface area contributed by atoms with Crippen molar-refractivity contribution in [1.82, 2.24) is 0 Å². The molecule has 9 heavy (non-hydrogen) atoms. The molecule has 44 valence electrons. The number of carbonyl (C=O) groups is 1. The summed E-state index contributed by atoms with van der Waals surface area (Å²) in [5, 5.41) is 8.61. The van der Waals surface area contributed by atoms with E-state index >= 15 is 0 Å². The summed E-state index contributed by atoms with van der Waals surface area (Å²) in [4.78, 5) is 10.3. The summed E-state index contributed by atoms with van der Waals surface area (Å²) in [7, 11) is 0. The number of allylic oxidation sites excluding steroid dienone is 3. The molecule has 0 aromatic carbocycles. The molecule has 0 saturated heterocycles. The molecular formula is C6H5O2Y. The van der Waals surface area contributed by atoms with Crippen LogP contribution in [-0.2, 0) is 37.5 Å². The van der Waals surface area contributed by atoms with E-state index in [1.165, 1.54) is 24.6 Å². The SMILES string of the molecule is O=C1[CH]C=CC(O)=C1.[Y]. The fourth-order valence-electron chi connectivity index (χ4n) is 0.484. The molecule has 1 N–H and O–H groups in total. The predicted molar refractivity (Wildman–Crippen MR) is 29.2 cm³/mol. The topological polar surface area (TPSA) is 37.3 Å². The summed E-state index contributed by atoms with van der Waals surface area (Å²) in [6.45, 7) is 0. The molecule has 0 spiro atoms. The number of rotatable bonds is 0. The first-order chi connectivity index (χ1) is 3.79. The van der Waals surface area contributed by atoms with Gasteiger partial charge in [0, 0.05) is 38.8 Å². The van der Waals surface area contributed by atoms with Gasteiger partial charge in [0.1, 0.15) is 5.76 Å². The smallest absolute Gasteiger partial charge is 0.167 e. The minimum Gasteiger partial charge on any atom is -0.508 e. The summed E-state index contributed by atoms with van der Waals surface area (Å²) >= 11 is 0. The molecule has 0 aliphatic heterocycles. The molecular weight excluding hydrogens is 193 g/mol. The fourth-order valence-corrected chi connectivity index (χ4v) is 0.484. The maximum absolute atomic E-state index is 10.3. The number of hydrogen-bond donors (Lipinski definition) is 1. The van der Waals surface area contributed by atoms with Crippen LogP contribution in [0.15, 0.2) is 24.0 Å². The van der Waals surface area contributed by atoms with Crippen LogP contribution in [0, 0.1) is 6.42 Å². The van der Waals surface area contributed by atoms with E-state index in [1.54, 1.807) is 0 Å². The van der Waals surface area contributed by atoms with Crippen molar-refractivity contribution in [3.8, 4) is 0 Å². The van der Waals surface area contributed by atoms with E-state index < -0.39 is 0 Å². The van der Waals surface area contributed by atoms with Gasteiger partial charge in [0.25, 0.3) is 0 Å². The van der Waals surface area contributed by atoms with E-state index in [0.717, 1.165) is 0 Å². The van der Waals surface area contributed by atoms with Gasteiger partial charge in [-0.05, 0) is 6.08 Å². The Morgan fingerprint density at radius 2 is 2.11 bits per heavy atom. The van der Waals surface area contributed by atoms with Gasteiger partial charge in [0.2, 0.25) is 0 Å². The Balaban J connectivity index is 0.000000640. The van der Waals surface area contributed by atoms with Crippen molar-refractivity contribution in [1.29, 1.82) is 0 Å². The molecule has 0 aromatic heterocycles. The van der Waals surface area contributed by atoms with Gasteiger partial charge in [-0.1, -0.05) is 6.08 Å². The molecule has 0 atom stereocenters. The first kappa shape index (κ1) is 9.05. The van der Waals surface area contributed by atoms with Gasteiger partial charge in [-0.3, -0.25) is 4.79 Å². The van der Waals surface area contributed by atoms with Gasteiger partial charge in [0.15, 0.2) is 5.78 Å². The van der Waals surface area contributed by atoms with Gasteiger partial charge in [-0.2, -0.15) is 0 Å². The average molecular weight is 198 g/mol. The van der Waals surface area contributed by atoms with E-state index in [2.05, 4.69) is 0 Å². The van der Waals surface area contributed by atoms with Gasteiger partial charge >= 0.3 is 0 Å². The zero-order chi connectivity index (χ0) is 5.98.